The lowest BCUT2D eigenvalue weighted by molar-refractivity contribution is 0.347. The van der Waals surface area contributed by atoms with Crippen molar-refractivity contribution in [2.24, 2.45) is 10.9 Å². The van der Waals surface area contributed by atoms with Gasteiger partial charge in [0.1, 0.15) is 5.84 Å². The summed E-state index contributed by atoms with van der Waals surface area (Å²) >= 11 is 0. The highest BCUT2D eigenvalue weighted by Crippen LogP contribution is 2.35. The molecular formula is C17H25N3. The Balaban J connectivity index is 1.84. The molecule has 0 amide bonds. The van der Waals surface area contributed by atoms with E-state index in [1.807, 2.05) is 0 Å². The third-order valence-corrected chi connectivity index (χ3v) is 4.75. The van der Waals surface area contributed by atoms with Gasteiger partial charge in [0.2, 0.25) is 0 Å². The third kappa shape index (κ3) is 2.87. The summed E-state index contributed by atoms with van der Waals surface area (Å²) in [5.41, 5.74) is 3.71. The maximum Gasteiger partial charge on any atom is 0.130 e. The lowest BCUT2D eigenvalue weighted by atomic mass is 9.79. The molecule has 1 aliphatic heterocycles. The van der Waals surface area contributed by atoms with Gasteiger partial charge in [0, 0.05) is 30.5 Å². The molecule has 0 aromatic carbocycles. The zero-order valence-corrected chi connectivity index (χ0v) is 12.7. The minimum atomic E-state index is 0.697. The lowest BCUT2D eigenvalue weighted by Crippen LogP contribution is -2.31. The van der Waals surface area contributed by atoms with Crippen molar-refractivity contribution in [2.45, 2.75) is 51.9 Å². The normalized spacial score (nSPS) is 26.8. The number of pyridine rings is 1. The van der Waals surface area contributed by atoms with E-state index in [2.05, 4.69) is 41.4 Å². The molecule has 1 N–H and O–H groups in total. The van der Waals surface area contributed by atoms with E-state index in [1.54, 1.807) is 0 Å². The second-order valence-electron chi connectivity index (χ2n) is 6.37. The van der Waals surface area contributed by atoms with Crippen LogP contribution in [0.2, 0.25) is 0 Å². The molecule has 3 rings (SSSR count). The second kappa shape index (κ2) is 5.94. The Hall–Kier alpha value is -1.38. The monoisotopic (exact) mass is 271 g/mol. The highest BCUT2D eigenvalue weighted by atomic mass is 15.0. The fourth-order valence-corrected chi connectivity index (χ4v) is 3.32. The minimum Gasteiger partial charge on any atom is -0.370 e. The van der Waals surface area contributed by atoms with E-state index >= 15 is 0 Å². The van der Waals surface area contributed by atoms with Crippen LogP contribution in [0.4, 0.5) is 0 Å². The summed E-state index contributed by atoms with van der Waals surface area (Å²) in [7, 11) is 0. The largest absolute Gasteiger partial charge is 0.370 e. The smallest absolute Gasteiger partial charge is 0.130 e. The molecule has 3 heteroatoms. The van der Waals surface area contributed by atoms with Crippen molar-refractivity contribution in [3.8, 4) is 0 Å². The fraction of sp³-hybridized carbons (Fsp3) is 0.647. The van der Waals surface area contributed by atoms with Gasteiger partial charge in [-0.25, -0.2) is 0 Å². The molecule has 20 heavy (non-hydrogen) atoms. The minimum absolute atomic E-state index is 0.697. The molecular weight excluding hydrogens is 246 g/mol. The molecule has 1 aliphatic carbocycles. The van der Waals surface area contributed by atoms with Crippen molar-refractivity contribution < 1.29 is 0 Å². The molecule has 0 atom stereocenters. The Morgan fingerprint density at radius 3 is 2.70 bits per heavy atom. The van der Waals surface area contributed by atoms with E-state index in [1.165, 1.54) is 36.8 Å². The molecule has 1 saturated carbocycles. The Kier molecular flexibility index (Phi) is 4.04. The average molecular weight is 271 g/mol. The summed E-state index contributed by atoms with van der Waals surface area (Å²) in [4.78, 5) is 9.25. The molecule has 1 aromatic rings. The van der Waals surface area contributed by atoms with E-state index in [-0.39, 0.29) is 0 Å². The lowest BCUT2D eigenvalue weighted by Gasteiger charge is -2.27. The van der Waals surface area contributed by atoms with E-state index in [9.17, 15) is 0 Å². The van der Waals surface area contributed by atoms with Gasteiger partial charge in [0.15, 0.2) is 0 Å². The van der Waals surface area contributed by atoms with E-state index in [4.69, 9.17) is 0 Å². The highest BCUT2D eigenvalue weighted by Gasteiger charge is 2.21. The topological polar surface area (TPSA) is 37.3 Å². The van der Waals surface area contributed by atoms with Crippen LogP contribution in [0.25, 0.3) is 0 Å². The van der Waals surface area contributed by atoms with Crippen molar-refractivity contribution in [2.75, 3.05) is 13.1 Å². The van der Waals surface area contributed by atoms with E-state index in [0.717, 1.165) is 37.0 Å². The molecule has 3 nitrogen and oxygen atoms in total. The standard InChI is InChI=1S/C17H25N3/c1-12-4-6-14(7-5-12)15-10-16(13(2)20-11-15)17-18-8-3-9-19-17/h10-12,14H,3-9H2,1-2H3,(H,18,19). The third-order valence-electron chi connectivity index (χ3n) is 4.75. The molecule has 2 aliphatic rings. The number of hydrogen-bond donors (Lipinski definition) is 1. The summed E-state index contributed by atoms with van der Waals surface area (Å²) in [5.74, 6) is 2.64. The molecule has 2 heterocycles. The Morgan fingerprint density at radius 1 is 1.20 bits per heavy atom. The number of nitrogens with zero attached hydrogens (tertiary/aromatic N) is 2. The van der Waals surface area contributed by atoms with Gasteiger partial charge < -0.3 is 5.32 Å². The zero-order valence-electron chi connectivity index (χ0n) is 12.7. The molecule has 0 bridgehead atoms. The maximum atomic E-state index is 4.63. The molecule has 108 valence electrons. The van der Waals surface area contributed by atoms with Crippen LogP contribution in [0.5, 0.6) is 0 Å². The van der Waals surface area contributed by atoms with Gasteiger partial charge in [-0.2, -0.15) is 0 Å². The summed E-state index contributed by atoms with van der Waals surface area (Å²) in [6.07, 6.45) is 8.55. The van der Waals surface area contributed by atoms with Crippen LogP contribution >= 0.6 is 0 Å². The van der Waals surface area contributed by atoms with Gasteiger partial charge in [0.05, 0.1) is 0 Å². The first-order valence-corrected chi connectivity index (χ1v) is 7.99. The van der Waals surface area contributed by atoms with Crippen molar-refractivity contribution >= 4 is 5.84 Å². The van der Waals surface area contributed by atoms with Gasteiger partial charge in [0.25, 0.3) is 0 Å². The highest BCUT2D eigenvalue weighted by molar-refractivity contribution is 6.00. The molecule has 0 unspecified atom stereocenters. The maximum absolute atomic E-state index is 4.63. The van der Waals surface area contributed by atoms with E-state index < -0.39 is 0 Å². The molecule has 0 saturated heterocycles. The van der Waals surface area contributed by atoms with Crippen LogP contribution < -0.4 is 5.32 Å². The number of aliphatic imine (C=N–C) groups is 1. The summed E-state index contributed by atoms with van der Waals surface area (Å²) in [6, 6.07) is 2.33. The Morgan fingerprint density at radius 2 is 2.00 bits per heavy atom. The van der Waals surface area contributed by atoms with Gasteiger partial charge in [-0.05, 0) is 49.7 Å². The number of amidine groups is 1. The van der Waals surface area contributed by atoms with E-state index in [0.29, 0.717) is 5.92 Å². The predicted octanol–water partition coefficient (Wildman–Crippen LogP) is 3.42. The first-order chi connectivity index (χ1) is 9.74. The van der Waals surface area contributed by atoms with Gasteiger partial charge in [-0.15, -0.1) is 0 Å². The summed E-state index contributed by atoms with van der Waals surface area (Å²) in [6.45, 7) is 6.42. The number of rotatable bonds is 2. The number of hydrogen-bond acceptors (Lipinski definition) is 3. The predicted molar refractivity (Wildman–Crippen MR) is 83.4 cm³/mol. The SMILES string of the molecule is Cc1ncc(C2CCC(C)CC2)cc1C1=NCCCN1. The van der Waals surface area contributed by atoms with Gasteiger partial charge >= 0.3 is 0 Å². The van der Waals surface area contributed by atoms with Crippen LogP contribution in [-0.2, 0) is 0 Å². The first-order valence-electron chi connectivity index (χ1n) is 7.99. The zero-order chi connectivity index (χ0) is 13.9. The van der Waals surface area contributed by atoms with Gasteiger partial charge in [-0.3, -0.25) is 9.98 Å². The molecule has 0 spiro atoms. The average Bonchev–Trinajstić information content (AvgIpc) is 2.50. The van der Waals surface area contributed by atoms with Crippen LogP contribution in [0.3, 0.4) is 0 Å². The summed E-state index contributed by atoms with van der Waals surface area (Å²) < 4.78 is 0. The quantitative estimate of drug-likeness (QED) is 0.895. The van der Waals surface area contributed by atoms with Crippen molar-refractivity contribution in [3.63, 3.8) is 0 Å². The first kappa shape index (κ1) is 13.6. The van der Waals surface area contributed by atoms with Crippen LogP contribution in [-0.4, -0.2) is 23.9 Å². The molecule has 1 aromatic heterocycles. The fourth-order valence-electron chi connectivity index (χ4n) is 3.32. The van der Waals surface area contributed by atoms with Gasteiger partial charge in [-0.1, -0.05) is 19.8 Å². The second-order valence-corrected chi connectivity index (χ2v) is 6.37. The Labute approximate surface area is 121 Å². The molecule has 1 fully saturated rings. The summed E-state index contributed by atoms with van der Waals surface area (Å²) in [5, 5.41) is 3.42. The van der Waals surface area contributed by atoms with Crippen LogP contribution in [0.15, 0.2) is 17.3 Å². The number of nitrogens with one attached hydrogen (secondary N) is 1. The number of aryl methyl sites for hydroxylation is 1. The van der Waals surface area contributed by atoms with Crippen molar-refractivity contribution in [3.05, 3.63) is 29.1 Å². The Bertz CT molecular complexity index is 499. The van der Waals surface area contributed by atoms with Crippen LogP contribution in [0, 0.1) is 12.8 Å². The molecule has 0 radical (unpaired) electrons. The van der Waals surface area contributed by atoms with Crippen LogP contribution in [0.1, 0.15) is 61.8 Å². The van der Waals surface area contributed by atoms with Crippen molar-refractivity contribution in [1.82, 2.24) is 10.3 Å². The number of aromatic nitrogens is 1. The van der Waals surface area contributed by atoms with Crippen molar-refractivity contribution in [1.29, 1.82) is 0 Å².